The van der Waals surface area contributed by atoms with Crippen molar-refractivity contribution in [3.05, 3.63) is 64.4 Å². The number of likely N-dealkylation sites (N-methyl/N-ethyl adjacent to an activating group) is 1. The third-order valence-electron chi connectivity index (χ3n) is 3.63. The minimum Gasteiger partial charge on any atom is -0.482 e. The van der Waals surface area contributed by atoms with Crippen molar-refractivity contribution in [3.8, 4) is 5.75 Å². The minimum absolute atomic E-state index is 0.0869. The molecule has 26 heavy (non-hydrogen) atoms. The Morgan fingerprint density at radius 3 is 2.58 bits per heavy atom. The van der Waals surface area contributed by atoms with E-state index >= 15 is 0 Å². The topological polar surface area (TPSA) is 55.8 Å². The van der Waals surface area contributed by atoms with E-state index in [2.05, 4.69) is 0 Å². The summed E-state index contributed by atoms with van der Waals surface area (Å²) in [5.41, 5.74) is 1.21. The predicted molar refractivity (Wildman–Crippen MR) is 95.5 cm³/mol. The van der Waals surface area contributed by atoms with Crippen molar-refractivity contribution in [2.45, 2.75) is 13.5 Å². The first-order valence-electron chi connectivity index (χ1n) is 7.88. The molecule has 0 aromatic heterocycles. The van der Waals surface area contributed by atoms with Gasteiger partial charge >= 0.3 is 5.97 Å². The molecule has 0 bridgehead atoms. The van der Waals surface area contributed by atoms with Crippen LogP contribution in [0.4, 0.5) is 4.39 Å². The standard InChI is InChI=1S/C19H19ClFNO4/c1-13-9-15(7-8-16(13)20)25-12-19(24)26-11-18(23)22(2)10-14-5-3-4-6-17(14)21/h3-9H,10-12H2,1-2H3. The van der Waals surface area contributed by atoms with Crippen molar-refractivity contribution in [3.63, 3.8) is 0 Å². The molecule has 138 valence electrons. The van der Waals surface area contributed by atoms with Crippen LogP contribution in [0.1, 0.15) is 11.1 Å². The van der Waals surface area contributed by atoms with Crippen molar-refractivity contribution in [2.24, 2.45) is 0 Å². The van der Waals surface area contributed by atoms with E-state index in [4.69, 9.17) is 21.1 Å². The van der Waals surface area contributed by atoms with E-state index < -0.39 is 24.3 Å². The van der Waals surface area contributed by atoms with Crippen LogP contribution in [0.2, 0.25) is 5.02 Å². The van der Waals surface area contributed by atoms with E-state index in [9.17, 15) is 14.0 Å². The zero-order chi connectivity index (χ0) is 19.1. The van der Waals surface area contributed by atoms with Gasteiger partial charge < -0.3 is 14.4 Å². The van der Waals surface area contributed by atoms with Crippen molar-refractivity contribution >= 4 is 23.5 Å². The maximum atomic E-state index is 13.6. The Labute approximate surface area is 156 Å². The van der Waals surface area contributed by atoms with Gasteiger partial charge in [-0.3, -0.25) is 4.79 Å². The van der Waals surface area contributed by atoms with Gasteiger partial charge in [-0.05, 0) is 36.8 Å². The largest absolute Gasteiger partial charge is 0.482 e. The smallest absolute Gasteiger partial charge is 0.344 e. The monoisotopic (exact) mass is 379 g/mol. The second-order valence-electron chi connectivity index (χ2n) is 5.70. The van der Waals surface area contributed by atoms with Crippen LogP contribution in [0.5, 0.6) is 5.75 Å². The van der Waals surface area contributed by atoms with Crippen LogP contribution in [0.3, 0.4) is 0 Å². The number of hydrogen-bond acceptors (Lipinski definition) is 4. The molecule has 2 aromatic carbocycles. The number of carbonyl (C=O) groups excluding carboxylic acids is 2. The Bertz CT molecular complexity index is 797. The maximum Gasteiger partial charge on any atom is 0.344 e. The van der Waals surface area contributed by atoms with Crippen LogP contribution in [0.25, 0.3) is 0 Å². The maximum absolute atomic E-state index is 13.6. The van der Waals surface area contributed by atoms with Gasteiger partial charge in [0.15, 0.2) is 13.2 Å². The van der Waals surface area contributed by atoms with Gasteiger partial charge in [0.1, 0.15) is 11.6 Å². The van der Waals surface area contributed by atoms with E-state index in [0.29, 0.717) is 16.3 Å². The molecule has 2 aromatic rings. The molecule has 7 heteroatoms. The number of carbonyl (C=O) groups is 2. The number of esters is 1. The Hall–Kier alpha value is -2.60. The zero-order valence-corrected chi connectivity index (χ0v) is 15.3. The summed E-state index contributed by atoms with van der Waals surface area (Å²) in [5, 5.41) is 0.600. The van der Waals surface area contributed by atoms with Crippen LogP contribution in [0, 0.1) is 12.7 Å². The van der Waals surface area contributed by atoms with E-state index in [1.807, 2.05) is 6.92 Å². The molecule has 0 fully saturated rings. The average molecular weight is 380 g/mol. The highest BCUT2D eigenvalue weighted by Crippen LogP contribution is 2.20. The molecule has 1 amide bonds. The quantitative estimate of drug-likeness (QED) is 0.692. The second kappa shape index (κ2) is 9.20. The molecule has 0 aliphatic rings. The Kier molecular flexibility index (Phi) is 6.97. The number of rotatable bonds is 7. The molecule has 0 saturated carbocycles. The van der Waals surface area contributed by atoms with E-state index in [0.717, 1.165) is 5.56 Å². The van der Waals surface area contributed by atoms with Gasteiger partial charge in [-0.2, -0.15) is 0 Å². The highest BCUT2D eigenvalue weighted by Gasteiger charge is 2.14. The first-order valence-corrected chi connectivity index (χ1v) is 8.26. The van der Waals surface area contributed by atoms with Gasteiger partial charge in [-0.25, -0.2) is 9.18 Å². The molecular formula is C19H19ClFNO4. The summed E-state index contributed by atoms with van der Waals surface area (Å²) in [7, 11) is 1.51. The fraction of sp³-hybridized carbons (Fsp3) is 0.263. The lowest BCUT2D eigenvalue weighted by Crippen LogP contribution is -2.31. The van der Waals surface area contributed by atoms with Crippen LogP contribution in [0.15, 0.2) is 42.5 Å². The normalized spacial score (nSPS) is 10.3. The molecule has 0 aliphatic heterocycles. The van der Waals surface area contributed by atoms with Crippen molar-refractivity contribution < 1.29 is 23.5 Å². The first kappa shape index (κ1) is 19.7. The number of hydrogen-bond donors (Lipinski definition) is 0. The third-order valence-corrected chi connectivity index (χ3v) is 4.06. The molecule has 0 saturated heterocycles. The number of halogens is 2. The number of nitrogens with zero attached hydrogens (tertiary/aromatic N) is 1. The summed E-state index contributed by atoms with van der Waals surface area (Å²) < 4.78 is 23.8. The lowest BCUT2D eigenvalue weighted by Gasteiger charge is -2.17. The summed E-state index contributed by atoms with van der Waals surface area (Å²) in [6.45, 7) is 1.14. The number of aryl methyl sites for hydroxylation is 1. The van der Waals surface area contributed by atoms with E-state index in [-0.39, 0.29) is 13.2 Å². The molecular weight excluding hydrogens is 361 g/mol. The number of benzene rings is 2. The van der Waals surface area contributed by atoms with Crippen molar-refractivity contribution in [2.75, 3.05) is 20.3 Å². The molecule has 2 rings (SSSR count). The zero-order valence-electron chi connectivity index (χ0n) is 14.5. The molecule has 5 nitrogen and oxygen atoms in total. The lowest BCUT2D eigenvalue weighted by atomic mass is 10.2. The molecule has 0 unspecified atom stereocenters. The second-order valence-corrected chi connectivity index (χ2v) is 6.11. The summed E-state index contributed by atoms with van der Waals surface area (Å²) in [4.78, 5) is 25.0. The van der Waals surface area contributed by atoms with Gasteiger partial charge in [0.05, 0.1) is 0 Å². The van der Waals surface area contributed by atoms with Crippen LogP contribution < -0.4 is 4.74 Å². The fourth-order valence-electron chi connectivity index (χ4n) is 2.11. The fourth-order valence-corrected chi connectivity index (χ4v) is 2.23. The summed E-state index contributed by atoms with van der Waals surface area (Å²) >= 11 is 5.91. The summed E-state index contributed by atoms with van der Waals surface area (Å²) in [5.74, 6) is -1.03. The summed E-state index contributed by atoms with van der Waals surface area (Å²) in [6, 6.07) is 11.2. The summed E-state index contributed by atoms with van der Waals surface area (Å²) in [6.07, 6.45) is 0. The van der Waals surface area contributed by atoms with Gasteiger partial charge in [-0.1, -0.05) is 29.8 Å². The predicted octanol–water partition coefficient (Wildman–Crippen LogP) is 3.37. The third kappa shape index (κ3) is 5.74. The van der Waals surface area contributed by atoms with Crippen molar-refractivity contribution in [1.29, 1.82) is 0 Å². The Balaban J connectivity index is 1.76. The molecule has 0 radical (unpaired) electrons. The molecule has 0 atom stereocenters. The van der Waals surface area contributed by atoms with Gasteiger partial charge in [0.2, 0.25) is 0 Å². The molecule has 0 heterocycles. The van der Waals surface area contributed by atoms with Gasteiger partial charge in [0.25, 0.3) is 5.91 Å². The van der Waals surface area contributed by atoms with E-state index in [1.54, 1.807) is 36.4 Å². The highest BCUT2D eigenvalue weighted by atomic mass is 35.5. The van der Waals surface area contributed by atoms with Crippen LogP contribution >= 0.6 is 11.6 Å². The van der Waals surface area contributed by atoms with E-state index in [1.165, 1.54) is 18.0 Å². The minimum atomic E-state index is -0.676. The molecule has 0 spiro atoms. The molecule has 0 aliphatic carbocycles. The number of amides is 1. The molecule has 0 N–H and O–H groups in total. The lowest BCUT2D eigenvalue weighted by molar-refractivity contribution is -0.153. The van der Waals surface area contributed by atoms with Crippen LogP contribution in [-0.4, -0.2) is 37.0 Å². The van der Waals surface area contributed by atoms with Crippen molar-refractivity contribution in [1.82, 2.24) is 4.90 Å². The van der Waals surface area contributed by atoms with Crippen LogP contribution in [-0.2, 0) is 20.9 Å². The highest BCUT2D eigenvalue weighted by molar-refractivity contribution is 6.31. The number of ether oxygens (including phenoxy) is 2. The Morgan fingerprint density at radius 2 is 1.88 bits per heavy atom. The SMILES string of the molecule is Cc1cc(OCC(=O)OCC(=O)N(C)Cc2ccccc2F)ccc1Cl. The van der Waals surface area contributed by atoms with Gasteiger partial charge in [0, 0.05) is 24.2 Å². The average Bonchev–Trinajstić information content (AvgIpc) is 2.62. The Morgan fingerprint density at radius 1 is 1.15 bits per heavy atom. The van der Waals surface area contributed by atoms with Gasteiger partial charge in [-0.15, -0.1) is 0 Å². The first-order chi connectivity index (χ1) is 12.4.